The van der Waals surface area contributed by atoms with Crippen molar-refractivity contribution in [1.29, 1.82) is 10.5 Å². The first kappa shape index (κ1) is 20.0. The summed E-state index contributed by atoms with van der Waals surface area (Å²) in [6.07, 6.45) is 3.23. The first-order chi connectivity index (χ1) is 14.0. The molecule has 1 aromatic carbocycles. The number of halogens is 1. The standard InChI is InChI=1S/C14H10FN3S.C7H6N2O/c1-8-11(6-16)14(19)12(7-17)13(18-8)9-2-4-10(15)5-3-9;8-7-5-2-4-10-6(5)1-3-9-7/h2-5,14,18-19H,1H3;1-4H,(H2,8,9). The number of hydrogen-bond acceptors (Lipinski definition) is 7. The Hall–Kier alpha value is -3.75. The lowest BCUT2D eigenvalue weighted by molar-refractivity contribution is 0.615. The largest absolute Gasteiger partial charge is 0.464 e. The van der Waals surface area contributed by atoms with E-state index in [-0.39, 0.29) is 5.82 Å². The van der Waals surface area contributed by atoms with Gasteiger partial charge in [0.15, 0.2) is 0 Å². The van der Waals surface area contributed by atoms with Crippen molar-refractivity contribution in [2.75, 3.05) is 5.73 Å². The van der Waals surface area contributed by atoms with Gasteiger partial charge >= 0.3 is 0 Å². The normalized spacial score (nSPS) is 15.8. The number of nitrogen functional groups attached to an aromatic ring is 1. The average Bonchev–Trinajstić information content (AvgIpc) is 3.19. The van der Waals surface area contributed by atoms with E-state index in [0.717, 1.165) is 11.0 Å². The van der Waals surface area contributed by atoms with Gasteiger partial charge in [-0.2, -0.15) is 23.2 Å². The summed E-state index contributed by atoms with van der Waals surface area (Å²) in [4.78, 5) is 3.90. The molecule has 0 aliphatic carbocycles. The fourth-order valence-corrected chi connectivity index (χ4v) is 3.27. The Morgan fingerprint density at radius 2 is 1.83 bits per heavy atom. The summed E-state index contributed by atoms with van der Waals surface area (Å²) in [6.45, 7) is 1.75. The van der Waals surface area contributed by atoms with E-state index >= 15 is 0 Å². The highest BCUT2D eigenvalue weighted by molar-refractivity contribution is 7.81. The molecular weight excluding hydrogens is 389 g/mol. The molecule has 0 fully saturated rings. The third kappa shape index (κ3) is 4.08. The lowest BCUT2D eigenvalue weighted by atomic mass is 9.95. The summed E-state index contributed by atoms with van der Waals surface area (Å²) >= 11 is 4.33. The minimum atomic E-state index is -0.559. The minimum Gasteiger partial charge on any atom is -0.464 e. The highest BCUT2D eigenvalue weighted by Crippen LogP contribution is 2.31. The quantitative estimate of drug-likeness (QED) is 0.524. The van der Waals surface area contributed by atoms with Crippen molar-refractivity contribution in [1.82, 2.24) is 10.3 Å². The lowest BCUT2D eigenvalue weighted by Gasteiger charge is -2.24. The van der Waals surface area contributed by atoms with Crippen LogP contribution in [0.25, 0.3) is 16.7 Å². The van der Waals surface area contributed by atoms with E-state index in [1.165, 1.54) is 12.1 Å². The Labute approximate surface area is 172 Å². The second-order valence-electron chi connectivity index (χ2n) is 6.11. The molecule has 3 aromatic rings. The summed E-state index contributed by atoms with van der Waals surface area (Å²) in [7, 11) is 0. The number of furan rings is 1. The first-order valence-corrected chi connectivity index (χ1v) is 9.01. The Bertz CT molecular complexity index is 1200. The summed E-state index contributed by atoms with van der Waals surface area (Å²) in [6, 6.07) is 13.5. The Balaban J connectivity index is 0.000000200. The van der Waals surface area contributed by atoms with Gasteiger partial charge in [-0.25, -0.2) is 9.37 Å². The lowest BCUT2D eigenvalue weighted by Crippen LogP contribution is -2.25. The molecular formula is C21H16FN5OS. The Morgan fingerprint density at radius 3 is 2.45 bits per heavy atom. The highest BCUT2D eigenvalue weighted by Gasteiger charge is 2.27. The fourth-order valence-electron chi connectivity index (χ4n) is 2.83. The average molecular weight is 405 g/mol. The number of rotatable bonds is 1. The molecule has 1 aliphatic rings. The van der Waals surface area contributed by atoms with Crippen molar-refractivity contribution >= 4 is 35.1 Å². The number of thiol groups is 1. The second-order valence-corrected chi connectivity index (χ2v) is 6.63. The number of dihydropyridines is 1. The molecule has 4 rings (SSSR count). The van der Waals surface area contributed by atoms with Gasteiger partial charge in [0, 0.05) is 11.9 Å². The van der Waals surface area contributed by atoms with E-state index in [2.05, 4.69) is 29.0 Å². The zero-order valence-electron chi connectivity index (χ0n) is 15.3. The third-order valence-electron chi connectivity index (χ3n) is 4.32. The molecule has 0 amide bonds. The van der Waals surface area contributed by atoms with Crippen molar-refractivity contribution in [3.63, 3.8) is 0 Å². The first-order valence-electron chi connectivity index (χ1n) is 8.50. The van der Waals surface area contributed by atoms with E-state index in [9.17, 15) is 9.65 Å². The van der Waals surface area contributed by atoms with Gasteiger partial charge < -0.3 is 15.5 Å². The topological polar surface area (TPSA) is 112 Å². The highest BCUT2D eigenvalue weighted by atomic mass is 32.1. The molecule has 2 aromatic heterocycles. The monoisotopic (exact) mass is 405 g/mol. The van der Waals surface area contributed by atoms with Crippen LogP contribution in [0.2, 0.25) is 0 Å². The second kappa shape index (κ2) is 8.51. The van der Waals surface area contributed by atoms with Gasteiger partial charge in [0.25, 0.3) is 0 Å². The van der Waals surface area contributed by atoms with E-state index in [0.29, 0.717) is 33.9 Å². The van der Waals surface area contributed by atoms with Crippen LogP contribution in [-0.4, -0.2) is 10.2 Å². The number of hydrogen-bond donors (Lipinski definition) is 3. The predicted octanol–water partition coefficient (Wildman–Crippen LogP) is 4.17. The van der Waals surface area contributed by atoms with E-state index in [4.69, 9.17) is 15.4 Å². The Kier molecular flexibility index (Phi) is 5.87. The van der Waals surface area contributed by atoms with Crippen molar-refractivity contribution in [3.05, 3.63) is 77.1 Å². The maximum Gasteiger partial charge on any atom is 0.139 e. The molecule has 0 radical (unpaired) electrons. The van der Waals surface area contributed by atoms with E-state index in [1.807, 2.05) is 6.07 Å². The number of fused-ring (bicyclic) bond motifs is 1. The molecule has 1 aliphatic heterocycles. The fraction of sp³-hybridized carbons (Fsp3) is 0.0952. The molecule has 0 saturated heterocycles. The van der Waals surface area contributed by atoms with Gasteiger partial charge in [0.1, 0.15) is 17.2 Å². The number of allylic oxidation sites excluding steroid dienone is 1. The van der Waals surface area contributed by atoms with Gasteiger partial charge in [0.05, 0.1) is 45.9 Å². The molecule has 0 bridgehead atoms. The molecule has 3 heterocycles. The summed E-state index contributed by atoms with van der Waals surface area (Å²) in [5.41, 5.74) is 9.01. The van der Waals surface area contributed by atoms with Crippen molar-refractivity contribution < 1.29 is 8.81 Å². The number of nitriles is 2. The number of anilines is 1. The number of nitrogens with one attached hydrogen (secondary N) is 1. The maximum atomic E-state index is 12.9. The van der Waals surface area contributed by atoms with Crippen LogP contribution in [0.5, 0.6) is 0 Å². The molecule has 29 heavy (non-hydrogen) atoms. The number of nitrogens with zero attached hydrogens (tertiary/aromatic N) is 3. The summed E-state index contributed by atoms with van der Waals surface area (Å²) in [5.74, 6) is 0.178. The molecule has 1 unspecified atom stereocenters. The van der Waals surface area contributed by atoms with Gasteiger partial charge in [-0.05, 0) is 48.9 Å². The van der Waals surface area contributed by atoms with Crippen LogP contribution in [0.1, 0.15) is 12.5 Å². The van der Waals surface area contributed by atoms with Crippen LogP contribution >= 0.6 is 12.6 Å². The maximum absolute atomic E-state index is 12.9. The van der Waals surface area contributed by atoms with Crippen molar-refractivity contribution in [2.24, 2.45) is 0 Å². The van der Waals surface area contributed by atoms with Crippen LogP contribution < -0.4 is 11.1 Å². The van der Waals surface area contributed by atoms with Crippen LogP contribution in [-0.2, 0) is 0 Å². The number of nitrogens with two attached hydrogens (primary N) is 1. The van der Waals surface area contributed by atoms with Gasteiger partial charge in [0.2, 0.25) is 0 Å². The number of pyridine rings is 1. The van der Waals surface area contributed by atoms with Gasteiger partial charge in [-0.15, -0.1) is 0 Å². The summed E-state index contributed by atoms with van der Waals surface area (Å²) in [5, 5.41) is 21.7. The third-order valence-corrected chi connectivity index (χ3v) is 4.83. The van der Waals surface area contributed by atoms with E-state index in [1.54, 1.807) is 43.6 Å². The van der Waals surface area contributed by atoms with Crippen LogP contribution in [0.4, 0.5) is 10.2 Å². The van der Waals surface area contributed by atoms with Gasteiger partial charge in [-0.1, -0.05) is 0 Å². The molecule has 1 atom stereocenters. The van der Waals surface area contributed by atoms with Gasteiger partial charge in [-0.3, -0.25) is 0 Å². The predicted molar refractivity (Wildman–Crippen MR) is 112 cm³/mol. The zero-order chi connectivity index (χ0) is 21.0. The van der Waals surface area contributed by atoms with Crippen molar-refractivity contribution in [2.45, 2.75) is 12.2 Å². The van der Waals surface area contributed by atoms with Crippen molar-refractivity contribution in [3.8, 4) is 12.1 Å². The molecule has 6 nitrogen and oxygen atoms in total. The molecule has 0 saturated carbocycles. The summed E-state index contributed by atoms with van der Waals surface area (Å²) < 4.78 is 18.0. The van der Waals surface area contributed by atoms with Crippen LogP contribution in [0.15, 0.2) is 70.1 Å². The molecule has 0 spiro atoms. The SMILES string of the molecule is CC1=C(C#N)C(S)C(C#N)=C(c2ccc(F)cc2)N1.Nc1nccc2occc12. The molecule has 144 valence electrons. The molecule has 8 heteroatoms. The number of benzene rings is 1. The zero-order valence-corrected chi connectivity index (χ0v) is 16.2. The molecule has 3 N–H and O–H groups in total. The van der Waals surface area contributed by atoms with Crippen LogP contribution in [0, 0.1) is 28.5 Å². The van der Waals surface area contributed by atoms with E-state index < -0.39 is 5.25 Å². The number of aromatic nitrogens is 1. The van der Waals surface area contributed by atoms with Crippen LogP contribution in [0.3, 0.4) is 0 Å². The smallest absolute Gasteiger partial charge is 0.139 e. The Morgan fingerprint density at radius 1 is 1.14 bits per heavy atom. The minimum absolute atomic E-state index is 0.342.